The van der Waals surface area contributed by atoms with Crippen LogP contribution in [0.2, 0.25) is 0 Å². The third-order valence-electron chi connectivity index (χ3n) is 4.85. The van der Waals surface area contributed by atoms with E-state index in [9.17, 15) is 13.6 Å². The summed E-state index contributed by atoms with van der Waals surface area (Å²) in [7, 11) is 1.45. The third kappa shape index (κ3) is 4.76. The lowest BCUT2D eigenvalue weighted by Gasteiger charge is -2.30. The average Bonchev–Trinajstić information content (AvgIpc) is 2.63. The second kappa shape index (κ2) is 9.15. The molecule has 3 rings (SSSR count). The van der Waals surface area contributed by atoms with Gasteiger partial charge in [0.1, 0.15) is 17.4 Å². The van der Waals surface area contributed by atoms with Gasteiger partial charge in [-0.2, -0.15) is 0 Å². The van der Waals surface area contributed by atoms with E-state index in [0.29, 0.717) is 23.8 Å². The Bertz CT molecular complexity index is 817. The van der Waals surface area contributed by atoms with Gasteiger partial charge in [-0.15, -0.1) is 12.4 Å². The molecule has 27 heavy (non-hydrogen) atoms. The molecular weight excluding hydrogens is 374 g/mol. The molecule has 0 aliphatic carbocycles. The highest BCUT2D eigenvalue weighted by Crippen LogP contribution is 2.27. The van der Waals surface area contributed by atoms with Crippen molar-refractivity contribution < 1.29 is 18.3 Å². The fourth-order valence-corrected chi connectivity index (χ4v) is 3.15. The minimum absolute atomic E-state index is 0. The lowest BCUT2D eigenvalue weighted by atomic mass is 9.94. The predicted octanol–water partition coefficient (Wildman–Crippen LogP) is 3.79. The zero-order valence-electron chi connectivity index (χ0n) is 15.2. The lowest BCUT2D eigenvalue weighted by Crippen LogP contribution is -2.50. The van der Waals surface area contributed by atoms with Crippen molar-refractivity contribution in [2.45, 2.75) is 19.4 Å². The van der Waals surface area contributed by atoms with Gasteiger partial charge in [0.05, 0.1) is 12.7 Å². The summed E-state index contributed by atoms with van der Waals surface area (Å²) < 4.78 is 33.6. The van der Waals surface area contributed by atoms with Gasteiger partial charge in [-0.3, -0.25) is 4.79 Å². The maximum atomic E-state index is 14.5. The number of nitrogens with one attached hydrogen (secondary N) is 2. The van der Waals surface area contributed by atoms with Crippen LogP contribution in [0.4, 0.5) is 8.78 Å². The molecule has 0 radical (unpaired) electrons. The summed E-state index contributed by atoms with van der Waals surface area (Å²) in [6.45, 7) is 3.66. The smallest absolute Gasteiger partial charge is 0.254 e. The first-order valence-corrected chi connectivity index (χ1v) is 8.64. The first kappa shape index (κ1) is 21.1. The number of hydrogen-bond acceptors (Lipinski definition) is 3. The van der Waals surface area contributed by atoms with Crippen LogP contribution in [0, 0.1) is 17.6 Å². The Kier molecular flexibility index (Phi) is 7.16. The monoisotopic (exact) mass is 396 g/mol. The Morgan fingerprint density at radius 3 is 2.59 bits per heavy atom. The van der Waals surface area contributed by atoms with Crippen LogP contribution in [0.3, 0.4) is 0 Å². The molecule has 1 saturated heterocycles. The van der Waals surface area contributed by atoms with Crippen LogP contribution in [0.25, 0.3) is 11.1 Å². The number of methoxy groups -OCH3 is 1. The summed E-state index contributed by atoms with van der Waals surface area (Å²) in [6.07, 6.45) is 0.961. The zero-order chi connectivity index (χ0) is 18.7. The molecule has 0 bridgehead atoms. The summed E-state index contributed by atoms with van der Waals surface area (Å²) in [5, 5.41) is 6.10. The van der Waals surface area contributed by atoms with Crippen molar-refractivity contribution in [1.29, 1.82) is 0 Å². The van der Waals surface area contributed by atoms with E-state index >= 15 is 0 Å². The predicted molar refractivity (Wildman–Crippen MR) is 103 cm³/mol. The Morgan fingerprint density at radius 1 is 1.19 bits per heavy atom. The minimum atomic E-state index is -0.674. The van der Waals surface area contributed by atoms with E-state index in [1.165, 1.54) is 31.4 Å². The normalized spacial score (nSPS) is 19.1. The van der Waals surface area contributed by atoms with Crippen molar-refractivity contribution in [3.63, 3.8) is 0 Å². The molecule has 2 aromatic carbocycles. The van der Waals surface area contributed by atoms with Crippen molar-refractivity contribution in [3.05, 3.63) is 53.6 Å². The largest absolute Gasteiger partial charge is 0.497 e. The molecule has 0 spiro atoms. The van der Waals surface area contributed by atoms with Gasteiger partial charge >= 0.3 is 0 Å². The summed E-state index contributed by atoms with van der Waals surface area (Å²) in [5.41, 5.74) is 0.578. The molecule has 1 fully saturated rings. The van der Waals surface area contributed by atoms with E-state index in [0.717, 1.165) is 13.0 Å². The standard InChI is InChI=1S/C20H22F2N2O2.ClH/c1-12-7-8-23-11-19(12)24-20(25)16-5-3-13(9-17(16)21)15-6-4-14(26-2)10-18(15)22;/h3-6,9-10,12,19,23H,7-8,11H2,1-2H3,(H,24,25);1H. The molecule has 7 heteroatoms. The molecule has 2 aromatic rings. The van der Waals surface area contributed by atoms with Gasteiger partial charge in [0.2, 0.25) is 0 Å². The fourth-order valence-electron chi connectivity index (χ4n) is 3.15. The SMILES string of the molecule is COc1ccc(-c2ccc(C(=O)NC3CNCCC3C)c(F)c2)c(F)c1.Cl. The number of halogens is 3. The molecule has 1 aliphatic rings. The number of piperidine rings is 1. The van der Waals surface area contributed by atoms with E-state index in [2.05, 4.69) is 17.6 Å². The Labute approximate surface area is 163 Å². The topological polar surface area (TPSA) is 50.4 Å². The lowest BCUT2D eigenvalue weighted by molar-refractivity contribution is 0.0911. The first-order chi connectivity index (χ1) is 12.5. The Balaban J connectivity index is 0.00000261. The van der Waals surface area contributed by atoms with Crippen LogP contribution < -0.4 is 15.4 Å². The Morgan fingerprint density at radius 2 is 1.96 bits per heavy atom. The fraction of sp³-hybridized carbons (Fsp3) is 0.350. The molecule has 4 nitrogen and oxygen atoms in total. The number of hydrogen-bond donors (Lipinski definition) is 2. The van der Waals surface area contributed by atoms with Gasteiger partial charge in [-0.05, 0) is 48.7 Å². The van der Waals surface area contributed by atoms with Crippen molar-refractivity contribution in [3.8, 4) is 16.9 Å². The van der Waals surface area contributed by atoms with Gasteiger partial charge in [0.15, 0.2) is 0 Å². The number of amides is 1. The molecule has 0 saturated carbocycles. The molecule has 1 heterocycles. The molecule has 2 unspecified atom stereocenters. The number of ether oxygens (including phenoxy) is 1. The van der Waals surface area contributed by atoms with Crippen molar-refractivity contribution in [2.75, 3.05) is 20.2 Å². The second-order valence-electron chi connectivity index (χ2n) is 6.59. The summed E-state index contributed by atoms with van der Waals surface area (Å²) in [5.74, 6) is -0.923. The summed E-state index contributed by atoms with van der Waals surface area (Å²) >= 11 is 0. The average molecular weight is 397 g/mol. The first-order valence-electron chi connectivity index (χ1n) is 8.64. The highest BCUT2D eigenvalue weighted by molar-refractivity contribution is 5.95. The zero-order valence-corrected chi connectivity index (χ0v) is 16.0. The number of carbonyl (C=O) groups is 1. The maximum absolute atomic E-state index is 14.5. The van der Waals surface area contributed by atoms with Crippen LogP contribution in [-0.2, 0) is 0 Å². The molecule has 2 atom stereocenters. The molecule has 2 N–H and O–H groups in total. The Hall–Kier alpha value is -2.18. The van der Waals surface area contributed by atoms with Gasteiger partial charge in [-0.1, -0.05) is 13.0 Å². The molecule has 0 aromatic heterocycles. The van der Waals surface area contributed by atoms with Crippen molar-refractivity contribution >= 4 is 18.3 Å². The van der Waals surface area contributed by atoms with Crippen LogP contribution in [-0.4, -0.2) is 32.1 Å². The van der Waals surface area contributed by atoms with Crippen LogP contribution >= 0.6 is 12.4 Å². The highest BCUT2D eigenvalue weighted by Gasteiger charge is 2.24. The number of benzene rings is 2. The second-order valence-corrected chi connectivity index (χ2v) is 6.59. The van der Waals surface area contributed by atoms with Crippen LogP contribution in [0.15, 0.2) is 36.4 Å². The number of rotatable bonds is 4. The van der Waals surface area contributed by atoms with Crippen LogP contribution in [0.1, 0.15) is 23.7 Å². The van der Waals surface area contributed by atoms with Gasteiger partial charge in [-0.25, -0.2) is 8.78 Å². The van der Waals surface area contributed by atoms with Crippen molar-refractivity contribution in [2.24, 2.45) is 5.92 Å². The van der Waals surface area contributed by atoms with Gasteiger partial charge < -0.3 is 15.4 Å². The van der Waals surface area contributed by atoms with E-state index < -0.39 is 17.5 Å². The quantitative estimate of drug-likeness (QED) is 0.826. The molecule has 1 aliphatic heterocycles. The third-order valence-corrected chi connectivity index (χ3v) is 4.85. The highest BCUT2D eigenvalue weighted by atomic mass is 35.5. The van der Waals surface area contributed by atoms with Gasteiger partial charge in [0.25, 0.3) is 5.91 Å². The summed E-state index contributed by atoms with van der Waals surface area (Å²) in [4.78, 5) is 12.4. The molecular formula is C20H23ClF2N2O2. The minimum Gasteiger partial charge on any atom is -0.497 e. The van der Waals surface area contributed by atoms with E-state index in [-0.39, 0.29) is 29.6 Å². The van der Waals surface area contributed by atoms with E-state index in [1.54, 1.807) is 12.1 Å². The van der Waals surface area contributed by atoms with Crippen LogP contribution in [0.5, 0.6) is 5.75 Å². The molecule has 146 valence electrons. The van der Waals surface area contributed by atoms with E-state index in [1.807, 2.05) is 0 Å². The summed E-state index contributed by atoms with van der Waals surface area (Å²) in [6, 6.07) is 8.46. The van der Waals surface area contributed by atoms with E-state index in [4.69, 9.17) is 4.74 Å². The maximum Gasteiger partial charge on any atom is 0.254 e. The number of carbonyl (C=O) groups excluding carboxylic acids is 1. The molecule has 1 amide bonds. The van der Waals surface area contributed by atoms with Gasteiger partial charge in [0, 0.05) is 24.2 Å². The van der Waals surface area contributed by atoms with Crippen molar-refractivity contribution in [1.82, 2.24) is 10.6 Å².